The first-order valence-electron chi connectivity index (χ1n) is 12.7. The smallest absolute Gasteiger partial charge is 0.248 e. The molecule has 9 heteroatoms. The van der Waals surface area contributed by atoms with Crippen molar-refractivity contribution in [2.75, 3.05) is 25.0 Å². The van der Waals surface area contributed by atoms with Crippen LogP contribution < -0.4 is 10.6 Å². The molecule has 3 heterocycles. The van der Waals surface area contributed by atoms with Gasteiger partial charge in [-0.1, -0.05) is 30.7 Å². The van der Waals surface area contributed by atoms with Crippen molar-refractivity contribution < 1.29 is 19.5 Å². The molecule has 192 valence electrons. The third kappa shape index (κ3) is 4.46. The second kappa shape index (κ2) is 10.3. The molecule has 3 aliphatic heterocycles. The minimum atomic E-state index is -0.680. The molecule has 0 aromatic heterocycles. The predicted molar refractivity (Wildman–Crippen MR) is 139 cm³/mol. The van der Waals surface area contributed by atoms with Crippen molar-refractivity contribution in [1.29, 1.82) is 0 Å². The van der Waals surface area contributed by atoms with Crippen molar-refractivity contribution in [3.63, 3.8) is 0 Å². The topological polar surface area (TPSA) is 98.7 Å². The van der Waals surface area contributed by atoms with Gasteiger partial charge in [0.15, 0.2) is 0 Å². The maximum Gasteiger partial charge on any atom is 0.248 e. The summed E-state index contributed by atoms with van der Waals surface area (Å²) in [5.74, 6) is -1.41. The molecule has 3 aliphatic rings. The Morgan fingerprint density at radius 2 is 2.00 bits per heavy atom. The highest BCUT2D eigenvalue weighted by Crippen LogP contribution is 2.71. The zero-order valence-corrected chi connectivity index (χ0v) is 22.3. The molecule has 1 aromatic rings. The lowest BCUT2D eigenvalue weighted by Crippen LogP contribution is -2.52. The molecule has 3 amide bonds. The number of hydrogen-bond acceptors (Lipinski definition) is 5. The summed E-state index contributed by atoms with van der Waals surface area (Å²) in [7, 11) is 0. The number of nitrogens with one attached hydrogen (secondary N) is 2. The van der Waals surface area contributed by atoms with Gasteiger partial charge in [0.05, 0.1) is 27.3 Å². The van der Waals surface area contributed by atoms with Crippen LogP contribution in [0.15, 0.2) is 18.2 Å². The number of thioether (sulfide) groups is 1. The zero-order valence-electron chi connectivity index (χ0n) is 20.7. The van der Waals surface area contributed by atoms with Gasteiger partial charge in [0, 0.05) is 24.4 Å². The maximum absolute atomic E-state index is 13.9. The highest BCUT2D eigenvalue weighted by Gasteiger charge is 2.76. The standard InChI is InChI=1S/C26H36ClN3O4S/c1-4-13-28-22(32)18-19-24(34)30(14-6-5-7-15-31)21(26(19)12-11-25(18,3)35-26)23(33)29-20-16(2)9-8-10-17(20)27/h8-10,18-19,21,31H,4-7,11-15H2,1-3H3,(H,28,32)(H,29,33)/t18-,19+,21?,25+,26?/m1/s1. The van der Waals surface area contributed by atoms with Gasteiger partial charge < -0.3 is 20.6 Å². The highest BCUT2D eigenvalue weighted by molar-refractivity contribution is 8.02. The van der Waals surface area contributed by atoms with E-state index in [9.17, 15) is 19.5 Å². The Labute approximate surface area is 216 Å². The Bertz CT molecular complexity index is 987. The van der Waals surface area contributed by atoms with Gasteiger partial charge in [-0.25, -0.2) is 0 Å². The first kappa shape index (κ1) is 26.3. The van der Waals surface area contributed by atoms with E-state index in [4.69, 9.17) is 11.6 Å². The van der Waals surface area contributed by atoms with Gasteiger partial charge in [0.1, 0.15) is 6.04 Å². The molecule has 0 aliphatic carbocycles. The number of nitrogens with zero attached hydrogens (tertiary/aromatic N) is 1. The molecular formula is C26H36ClN3O4S. The molecule has 0 saturated carbocycles. The van der Waals surface area contributed by atoms with Crippen molar-refractivity contribution in [2.45, 2.75) is 74.8 Å². The maximum atomic E-state index is 13.9. The number of anilines is 1. The van der Waals surface area contributed by atoms with Crippen molar-refractivity contribution in [3.05, 3.63) is 28.8 Å². The Morgan fingerprint density at radius 1 is 1.23 bits per heavy atom. The average Bonchev–Trinajstić information content (AvgIpc) is 3.38. The molecule has 35 heavy (non-hydrogen) atoms. The molecule has 2 unspecified atom stereocenters. The molecule has 7 nitrogen and oxygen atoms in total. The average molecular weight is 522 g/mol. The van der Waals surface area contributed by atoms with Gasteiger partial charge >= 0.3 is 0 Å². The van der Waals surface area contributed by atoms with Crippen LogP contribution in [-0.2, 0) is 14.4 Å². The number of aryl methyl sites for hydroxylation is 1. The minimum Gasteiger partial charge on any atom is -0.396 e. The van der Waals surface area contributed by atoms with E-state index in [0.717, 1.165) is 31.2 Å². The van der Waals surface area contributed by atoms with Crippen LogP contribution in [0.4, 0.5) is 5.69 Å². The molecule has 3 fully saturated rings. The normalized spacial score (nSPS) is 31.1. The van der Waals surface area contributed by atoms with E-state index in [1.165, 1.54) is 0 Å². The summed E-state index contributed by atoms with van der Waals surface area (Å²) in [5.41, 5.74) is 1.42. The lowest BCUT2D eigenvalue weighted by molar-refractivity contribution is -0.140. The first-order valence-corrected chi connectivity index (χ1v) is 13.8. The van der Waals surface area contributed by atoms with Gasteiger partial charge in [-0.05, 0) is 64.0 Å². The summed E-state index contributed by atoms with van der Waals surface area (Å²) in [6.45, 7) is 7.07. The van der Waals surface area contributed by atoms with Crippen molar-refractivity contribution >= 4 is 46.8 Å². The van der Waals surface area contributed by atoms with Crippen LogP contribution in [0.5, 0.6) is 0 Å². The number of benzene rings is 1. The molecule has 1 spiro atoms. The van der Waals surface area contributed by atoms with Crippen LogP contribution in [0.2, 0.25) is 5.02 Å². The van der Waals surface area contributed by atoms with Gasteiger partial charge in [-0.3, -0.25) is 14.4 Å². The quantitative estimate of drug-likeness (QED) is 0.407. The largest absolute Gasteiger partial charge is 0.396 e. The Kier molecular flexibility index (Phi) is 7.74. The second-order valence-electron chi connectivity index (χ2n) is 10.3. The fourth-order valence-electron chi connectivity index (χ4n) is 6.28. The summed E-state index contributed by atoms with van der Waals surface area (Å²) in [6, 6.07) is 4.78. The molecule has 5 atom stereocenters. The lowest BCUT2D eigenvalue weighted by atomic mass is 9.66. The van der Waals surface area contributed by atoms with E-state index in [-0.39, 0.29) is 29.1 Å². The number of aliphatic hydroxyl groups is 1. The fraction of sp³-hybridized carbons (Fsp3) is 0.654. The number of para-hydroxylation sites is 1. The minimum absolute atomic E-state index is 0.0787. The van der Waals surface area contributed by atoms with E-state index in [0.29, 0.717) is 36.6 Å². The first-order chi connectivity index (χ1) is 16.7. The number of carbonyl (C=O) groups is 3. The number of carbonyl (C=O) groups excluding carboxylic acids is 3. The molecule has 3 N–H and O–H groups in total. The van der Waals surface area contributed by atoms with Crippen LogP contribution in [0.25, 0.3) is 0 Å². The van der Waals surface area contributed by atoms with E-state index < -0.39 is 22.6 Å². The number of likely N-dealkylation sites (tertiary alicyclic amines) is 1. The summed E-state index contributed by atoms with van der Waals surface area (Å²) in [6.07, 6.45) is 4.44. The SMILES string of the molecule is CCCNC(=O)[C@H]1[C@H]2C(=O)N(CCCCCO)C(C(=O)Nc3c(C)cccc3Cl)C23CC[C@]1(C)S3. The van der Waals surface area contributed by atoms with Gasteiger partial charge in [-0.2, -0.15) is 0 Å². The van der Waals surface area contributed by atoms with Crippen LogP contribution in [-0.4, -0.2) is 63.0 Å². The highest BCUT2D eigenvalue weighted by atomic mass is 35.5. The summed E-state index contributed by atoms with van der Waals surface area (Å²) in [5, 5.41) is 15.7. The predicted octanol–water partition coefficient (Wildman–Crippen LogP) is 3.76. The molecular weight excluding hydrogens is 486 g/mol. The van der Waals surface area contributed by atoms with Crippen molar-refractivity contribution in [1.82, 2.24) is 10.2 Å². The molecule has 4 rings (SSSR count). The van der Waals surface area contributed by atoms with E-state index in [1.54, 1.807) is 22.7 Å². The van der Waals surface area contributed by atoms with Crippen molar-refractivity contribution in [2.24, 2.45) is 11.8 Å². The van der Waals surface area contributed by atoms with E-state index in [2.05, 4.69) is 17.6 Å². The van der Waals surface area contributed by atoms with E-state index >= 15 is 0 Å². The van der Waals surface area contributed by atoms with Gasteiger partial charge in [-0.15, -0.1) is 11.8 Å². The summed E-state index contributed by atoms with van der Waals surface area (Å²) in [4.78, 5) is 42.9. The van der Waals surface area contributed by atoms with Crippen LogP contribution in [0.3, 0.4) is 0 Å². The fourth-order valence-corrected chi connectivity index (χ4v) is 8.90. The van der Waals surface area contributed by atoms with Gasteiger partial charge in [0.25, 0.3) is 0 Å². The number of rotatable bonds is 10. The van der Waals surface area contributed by atoms with Crippen molar-refractivity contribution in [3.8, 4) is 0 Å². The number of fused-ring (bicyclic) bond motifs is 1. The number of aliphatic hydroxyl groups excluding tert-OH is 1. The molecule has 2 bridgehead atoms. The number of unbranched alkanes of at least 4 members (excludes halogenated alkanes) is 2. The number of halogens is 1. The molecule has 3 saturated heterocycles. The van der Waals surface area contributed by atoms with Gasteiger partial charge in [0.2, 0.25) is 17.7 Å². The molecule has 1 aromatic carbocycles. The summed E-state index contributed by atoms with van der Waals surface area (Å²) >= 11 is 8.08. The Morgan fingerprint density at radius 3 is 2.69 bits per heavy atom. The second-order valence-corrected chi connectivity index (χ2v) is 12.6. The third-order valence-electron chi connectivity index (χ3n) is 7.88. The monoisotopic (exact) mass is 521 g/mol. The Balaban J connectivity index is 1.69. The van der Waals surface area contributed by atoms with Crippen LogP contribution in [0, 0.1) is 18.8 Å². The van der Waals surface area contributed by atoms with E-state index in [1.807, 2.05) is 26.0 Å². The Hall–Kier alpha value is -1.77. The summed E-state index contributed by atoms with van der Waals surface area (Å²) < 4.78 is -1.02. The lowest BCUT2D eigenvalue weighted by Gasteiger charge is -2.35. The van der Waals surface area contributed by atoms with Crippen LogP contribution >= 0.6 is 23.4 Å². The molecule has 0 radical (unpaired) electrons. The van der Waals surface area contributed by atoms with Crippen LogP contribution in [0.1, 0.15) is 57.9 Å². The third-order valence-corrected chi connectivity index (χ3v) is 10.2. The number of amides is 3. The number of hydrogen-bond donors (Lipinski definition) is 3. The zero-order chi connectivity index (χ0) is 25.4.